The highest BCUT2D eigenvalue weighted by molar-refractivity contribution is 5.94. The fourth-order valence-corrected chi connectivity index (χ4v) is 4.23. The number of halogens is 6. The van der Waals surface area contributed by atoms with Crippen LogP contribution in [0, 0.1) is 5.92 Å². The summed E-state index contributed by atoms with van der Waals surface area (Å²) in [5, 5.41) is 12.6. The van der Waals surface area contributed by atoms with Crippen LogP contribution < -0.4 is 5.32 Å². The minimum atomic E-state index is -4.66. The molecule has 2 aliphatic rings. The number of aliphatic hydroxyl groups is 1. The van der Waals surface area contributed by atoms with Gasteiger partial charge in [0.15, 0.2) is 0 Å². The molecule has 166 valence electrons. The van der Waals surface area contributed by atoms with Gasteiger partial charge < -0.3 is 15.2 Å². The number of hydrogen-bond acceptors (Lipinski definition) is 4. The number of carbonyl (C=O) groups is 1. The van der Waals surface area contributed by atoms with E-state index in [1.807, 2.05) is 0 Å². The fourth-order valence-electron chi connectivity index (χ4n) is 4.23. The predicted molar refractivity (Wildman–Crippen MR) is 94.8 cm³/mol. The highest BCUT2D eigenvalue weighted by Gasteiger charge is 2.57. The van der Waals surface area contributed by atoms with Crippen LogP contribution >= 0.6 is 0 Å². The molecule has 0 saturated carbocycles. The first kappa shape index (κ1) is 21.6. The van der Waals surface area contributed by atoms with Gasteiger partial charge in [-0.3, -0.25) is 9.78 Å². The van der Waals surface area contributed by atoms with Crippen molar-refractivity contribution >= 4 is 11.6 Å². The molecule has 3 heterocycles. The highest BCUT2D eigenvalue weighted by atomic mass is 19.4. The van der Waals surface area contributed by atoms with Gasteiger partial charge in [-0.15, -0.1) is 0 Å². The van der Waals surface area contributed by atoms with Crippen LogP contribution in [0.25, 0.3) is 0 Å². The number of aromatic nitrogens is 1. The van der Waals surface area contributed by atoms with E-state index in [4.69, 9.17) is 4.74 Å². The normalized spacial score (nSPS) is 28.0. The Kier molecular flexibility index (Phi) is 5.21. The summed E-state index contributed by atoms with van der Waals surface area (Å²) in [6, 6.07) is 4.87. The average Bonchev–Trinajstić information content (AvgIpc) is 3.24. The first-order valence-electron chi connectivity index (χ1n) is 9.29. The van der Waals surface area contributed by atoms with Crippen molar-refractivity contribution in [3.05, 3.63) is 59.4 Å². The Balaban J connectivity index is 1.63. The molecule has 5 atom stereocenters. The molecule has 11 heteroatoms. The number of carbonyl (C=O) groups excluding carboxylic acids is 1. The van der Waals surface area contributed by atoms with Crippen LogP contribution in [0.3, 0.4) is 0 Å². The molecule has 2 aromatic rings. The van der Waals surface area contributed by atoms with Gasteiger partial charge >= 0.3 is 12.4 Å². The van der Waals surface area contributed by atoms with E-state index in [1.165, 1.54) is 12.3 Å². The molecule has 0 radical (unpaired) electrons. The number of aliphatic hydroxyl groups excluding tert-OH is 1. The Labute approximate surface area is 172 Å². The number of ether oxygens (including phenoxy) is 1. The van der Waals surface area contributed by atoms with E-state index in [0.29, 0.717) is 6.20 Å². The standard InChI is InChI=1S/C20H16F6N2O3/c21-19(22,23)10-2-1-3-12(5-10)28-18(30)16-14-6-13(29)17(31-14)15(16)9-4-11(8-27-7-9)20(24,25)26/h1-5,7-8,13-17,29H,6H2,(H,28,30). The number of benzene rings is 1. The number of pyridine rings is 1. The van der Waals surface area contributed by atoms with Gasteiger partial charge in [-0.1, -0.05) is 6.07 Å². The first-order valence-corrected chi connectivity index (χ1v) is 9.29. The van der Waals surface area contributed by atoms with E-state index in [-0.39, 0.29) is 17.7 Å². The number of amides is 1. The lowest BCUT2D eigenvalue weighted by molar-refractivity contribution is -0.138. The Bertz CT molecular complexity index is 993. The highest BCUT2D eigenvalue weighted by Crippen LogP contribution is 2.49. The zero-order valence-electron chi connectivity index (χ0n) is 15.6. The van der Waals surface area contributed by atoms with Gasteiger partial charge in [0, 0.05) is 30.4 Å². The molecule has 2 bridgehead atoms. The van der Waals surface area contributed by atoms with Gasteiger partial charge in [0.2, 0.25) is 5.91 Å². The summed E-state index contributed by atoms with van der Waals surface area (Å²) < 4.78 is 83.7. The van der Waals surface area contributed by atoms with Crippen molar-refractivity contribution in [2.45, 2.75) is 43.0 Å². The molecule has 31 heavy (non-hydrogen) atoms. The SMILES string of the molecule is O=C(Nc1cccc(C(F)(F)F)c1)C1C2CC(O)C(O2)C1c1cncc(C(F)(F)F)c1. The van der Waals surface area contributed by atoms with E-state index in [9.17, 15) is 36.2 Å². The van der Waals surface area contributed by atoms with Crippen molar-refractivity contribution in [1.82, 2.24) is 4.98 Å². The summed E-state index contributed by atoms with van der Waals surface area (Å²) in [5.41, 5.74) is -2.02. The smallest absolute Gasteiger partial charge is 0.390 e. The monoisotopic (exact) mass is 446 g/mol. The Morgan fingerprint density at radius 2 is 1.77 bits per heavy atom. The average molecular weight is 446 g/mol. The lowest BCUT2D eigenvalue weighted by Crippen LogP contribution is -2.41. The molecule has 2 fully saturated rings. The zero-order chi connectivity index (χ0) is 22.6. The lowest BCUT2D eigenvalue weighted by Gasteiger charge is -2.30. The van der Waals surface area contributed by atoms with Crippen molar-refractivity contribution < 1.29 is 41.0 Å². The second kappa shape index (κ2) is 7.49. The molecule has 0 spiro atoms. The van der Waals surface area contributed by atoms with Crippen molar-refractivity contribution in [1.29, 1.82) is 0 Å². The van der Waals surface area contributed by atoms with Crippen LogP contribution in [-0.2, 0) is 21.9 Å². The second-order valence-corrected chi connectivity index (χ2v) is 7.57. The van der Waals surface area contributed by atoms with Crippen LogP contribution in [-0.4, -0.2) is 34.3 Å². The number of fused-ring (bicyclic) bond motifs is 2. The predicted octanol–water partition coefficient (Wildman–Crippen LogP) is 3.99. The number of alkyl halides is 6. The molecule has 2 N–H and O–H groups in total. The van der Waals surface area contributed by atoms with Crippen LogP contribution in [0.15, 0.2) is 42.7 Å². The quantitative estimate of drug-likeness (QED) is 0.700. The molecule has 5 nitrogen and oxygen atoms in total. The maximum atomic E-state index is 13.1. The van der Waals surface area contributed by atoms with E-state index in [1.54, 1.807) is 0 Å². The van der Waals surface area contributed by atoms with Crippen molar-refractivity contribution in [2.24, 2.45) is 5.92 Å². The van der Waals surface area contributed by atoms with E-state index in [2.05, 4.69) is 10.3 Å². The maximum Gasteiger partial charge on any atom is 0.417 e. The topological polar surface area (TPSA) is 71.5 Å². The third-order valence-electron chi connectivity index (χ3n) is 5.56. The molecule has 1 aromatic heterocycles. The minimum Gasteiger partial charge on any atom is -0.390 e. The Hall–Kier alpha value is -2.66. The first-order chi connectivity index (χ1) is 14.4. The minimum absolute atomic E-state index is 0.0604. The van der Waals surface area contributed by atoms with Gasteiger partial charge in [-0.25, -0.2) is 0 Å². The number of anilines is 1. The maximum absolute atomic E-state index is 13.1. The Morgan fingerprint density at radius 3 is 2.45 bits per heavy atom. The third kappa shape index (κ3) is 4.11. The van der Waals surface area contributed by atoms with Gasteiger partial charge in [-0.2, -0.15) is 26.3 Å². The molecule has 4 rings (SSSR count). The summed E-state index contributed by atoms with van der Waals surface area (Å²) in [5.74, 6) is -2.65. The van der Waals surface area contributed by atoms with E-state index >= 15 is 0 Å². The van der Waals surface area contributed by atoms with Gasteiger partial charge in [0.25, 0.3) is 0 Å². The fraction of sp³-hybridized carbons (Fsp3) is 0.400. The summed E-state index contributed by atoms with van der Waals surface area (Å²) in [4.78, 5) is 16.5. The zero-order valence-corrected chi connectivity index (χ0v) is 15.6. The summed E-state index contributed by atoms with van der Waals surface area (Å²) >= 11 is 0. The summed E-state index contributed by atoms with van der Waals surface area (Å²) in [6.07, 6.45) is -10.1. The van der Waals surface area contributed by atoms with Crippen molar-refractivity contribution in [2.75, 3.05) is 5.32 Å². The van der Waals surface area contributed by atoms with Crippen LogP contribution in [0.5, 0.6) is 0 Å². The van der Waals surface area contributed by atoms with Gasteiger partial charge in [0.1, 0.15) is 0 Å². The number of nitrogens with one attached hydrogen (secondary N) is 1. The summed E-state index contributed by atoms with van der Waals surface area (Å²) in [7, 11) is 0. The number of rotatable bonds is 3. The van der Waals surface area contributed by atoms with Crippen molar-refractivity contribution in [3.8, 4) is 0 Å². The largest absolute Gasteiger partial charge is 0.417 e. The molecular weight excluding hydrogens is 430 g/mol. The van der Waals surface area contributed by atoms with Gasteiger partial charge in [0.05, 0.1) is 35.4 Å². The van der Waals surface area contributed by atoms with Gasteiger partial charge in [-0.05, 0) is 29.8 Å². The number of nitrogens with zero attached hydrogens (tertiary/aromatic N) is 1. The molecule has 2 aliphatic heterocycles. The molecule has 1 amide bonds. The lowest BCUT2D eigenvalue weighted by atomic mass is 9.74. The Morgan fingerprint density at radius 1 is 1.06 bits per heavy atom. The molecular formula is C20H16F6N2O3. The van der Waals surface area contributed by atoms with E-state index < -0.39 is 59.5 Å². The van der Waals surface area contributed by atoms with Crippen LogP contribution in [0.2, 0.25) is 0 Å². The van der Waals surface area contributed by atoms with Crippen molar-refractivity contribution in [3.63, 3.8) is 0 Å². The number of hydrogen-bond donors (Lipinski definition) is 2. The van der Waals surface area contributed by atoms with Crippen LogP contribution in [0.1, 0.15) is 29.0 Å². The summed E-state index contributed by atoms with van der Waals surface area (Å²) in [6.45, 7) is 0. The molecule has 1 aromatic carbocycles. The molecule has 5 unspecified atom stereocenters. The molecule has 0 aliphatic carbocycles. The van der Waals surface area contributed by atoms with Crippen LogP contribution in [0.4, 0.5) is 32.0 Å². The molecule has 2 saturated heterocycles. The van der Waals surface area contributed by atoms with E-state index in [0.717, 1.165) is 24.3 Å². The second-order valence-electron chi connectivity index (χ2n) is 7.57. The third-order valence-corrected chi connectivity index (χ3v) is 5.56.